The van der Waals surface area contributed by atoms with Crippen LogP contribution in [-0.4, -0.2) is 33.9 Å². The van der Waals surface area contributed by atoms with E-state index in [1.807, 2.05) is 42.6 Å². The summed E-state index contributed by atoms with van der Waals surface area (Å²) in [5.41, 5.74) is 3.98. The standard InChI is InChI=1S/C24H25N5O/c30-23(25-15-12-19-17-28-21-11-5-4-10-20(19)21)22-13-16-27-24(29-22)26-14-6-9-18-7-2-1-3-8-18/h1-5,7-8,10-11,13,16-17,28H,6,9,12,14-15H2,(H,25,30)(H,26,27,29). The number of carbonyl (C=O) groups is 1. The molecule has 0 aliphatic heterocycles. The van der Waals surface area contributed by atoms with Crippen molar-refractivity contribution in [1.29, 1.82) is 0 Å². The van der Waals surface area contributed by atoms with Crippen LogP contribution in [0, 0.1) is 0 Å². The summed E-state index contributed by atoms with van der Waals surface area (Å²) >= 11 is 0. The Labute approximate surface area is 175 Å². The van der Waals surface area contributed by atoms with Crippen LogP contribution >= 0.6 is 0 Å². The number of nitrogens with zero attached hydrogens (tertiary/aromatic N) is 2. The molecule has 0 unspecified atom stereocenters. The van der Waals surface area contributed by atoms with E-state index in [0.717, 1.165) is 31.3 Å². The first-order valence-electron chi connectivity index (χ1n) is 10.2. The number of aryl methyl sites for hydroxylation is 1. The number of hydrogen-bond donors (Lipinski definition) is 3. The van der Waals surface area contributed by atoms with Gasteiger partial charge in [0.2, 0.25) is 5.95 Å². The molecule has 2 heterocycles. The number of aromatic nitrogens is 3. The molecule has 0 spiro atoms. The maximum Gasteiger partial charge on any atom is 0.270 e. The summed E-state index contributed by atoms with van der Waals surface area (Å²) in [7, 11) is 0. The predicted molar refractivity (Wildman–Crippen MR) is 120 cm³/mol. The summed E-state index contributed by atoms with van der Waals surface area (Å²) in [6.45, 7) is 1.30. The number of amides is 1. The predicted octanol–water partition coefficient (Wildman–Crippen LogP) is 3.98. The van der Waals surface area contributed by atoms with Gasteiger partial charge >= 0.3 is 0 Å². The Morgan fingerprint density at radius 3 is 2.67 bits per heavy atom. The zero-order valence-corrected chi connectivity index (χ0v) is 16.8. The third kappa shape index (κ3) is 5.03. The number of nitrogens with one attached hydrogen (secondary N) is 3. The van der Waals surface area contributed by atoms with Gasteiger partial charge in [-0.3, -0.25) is 4.79 Å². The Morgan fingerprint density at radius 2 is 1.77 bits per heavy atom. The van der Waals surface area contributed by atoms with Gasteiger partial charge in [0.25, 0.3) is 5.91 Å². The number of rotatable bonds is 9. The van der Waals surface area contributed by atoms with Gasteiger partial charge in [0.15, 0.2) is 0 Å². The van der Waals surface area contributed by atoms with Gasteiger partial charge < -0.3 is 15.6 Å². The second kappa shape index (κ2) is 9.69. The van der Waals surface area contributed by atoms with Gasteiger partial charge in [-0.2, -0.15) is 0 Å². The summed E-state index contributed by atoms with van der Waals surface area (Å²) in [4.78, 5) is 24.3. The number of para-hydroxylation sites is 1. The molecule has 4 aromatic rings. The maximum atomic E-state index is 12.5. The molecule has 0 atom stereocenters. The first-order valence-corrected chi connectivity index (χ1v) is 10.2. The van der Waals surface area contributed by atoms with Gasteiger partial charge in [-0.15, -0.1) is 0 Å². The van der Waals surface area contributed by atoms with E-state index in [-0.39, 0.29) is 5.91 Å². The quantitative estimate of drug-likeness (QED) is 0.372. The molecular weight excluding hydrogens is 374 g/mol. The number of H-pyrrole nitrogens is 1. The lowest BCUT2D eigenvalue weighted by atomic mass is 10.1. The third-order valence-corrected chi connectivity index (χ3v) is 5.01. The monoisotopic (exact) mass is 399 g/mol. The van der Waals surface area contributed by atoms with Gasteiger partial charge in [-0.25, -0.2) is 9.97 Å². The summed E-state index contributed by atoms with van der Waals surface area (Å²) in [5, 5.41) is 7.34. The fraction of sp³-hybridized carbons (Fsp3) is 0.208. The molecule has 0 saturated heterocycles. The lowest BCUT2D eigenvalue weighted by molar-refractivity contribution is 0.0949. The average Bonchev–Trinajstić information content (AvgIpc) is 3.21. The van der Waals surface area contributed by atoms with E-state index in [1.54, 1.807) is 12.3 Å². The van der Waals surface area contributed by atoms with E-state index in [4.69, 9.17) is 0 Å². The summed E-state index contributed by atoms with van der Waals surface area (Å²) in [6.07, 6.45) is 6.32. The number of benzene rings is 2. The number of carbonyl (C=O) groups excluding carboxylic acids is 1. The second-order valence-corrected chi connectivity index (χ2v) is 7.15. The molecule has 3 N–H and O–H groups in total. The lowest BCUT2D eigenvalue weighted by Crippen LogP contribution is -2.26. The average molecular weight is 399 g/mol. The fourth-order valence-electron chi connectivity index (χ4n) is 3.45. The molecule has 0 radical (unpaired) electrons. The van der Waals surface area contributed by atoms with Gasteiger partial charge in [0, 0.05) is 36.4 Å². The summed E-state index contributed by atoms with van der Waals surface area (Å²) in [6, 6.07) is 20.2. The zero-order chi connectivity index (χ0) is 20.6. The largest absolute Gasteiger partial charge is 0.361 e. The normalized spacial score (nSPS) is 10.8. The van der Waals surface area contributed by atoms with Crippen LogP contribution in [0.4, 0.5) is 5.95 Å². The highest BCUT2D eigenvalue weighted by Crippen LogP contribution is 2.17. The van der Waals surface area contributed by atoms with Crippen LogP contribution in [0.15, 0.2) is 73.1 Å². The van der Waals surface area contributed by atoms with Gasteiger partial charge in [0.1, 0.15) is 5.69 Å². The van der Waals surface area contributed by atoms with E-state index < -0.39 is 0 Å². The Balaban J connectivity index is 1.25. The topological polar surface area (TPSA) is 82.7 Å². The lowest BCUT2D eigenvalue weighted by Gasteiger charge is -2.07. The highest BCUT2D eigenvalue weighted by Gasteiger charge is 2.09. The van der Waals surface area contributed by atoms with E-state index in [9.17, 15) is 4.79 Å². The SMILES string of the molecule is O=C(NCCc1c[nH]c2ccccc12)c1ccnc(NCCCc2ccccc2)n1. The Kier molecular flexibility index (Phi) is 6.35. The summed E-state index contributed by atoms with van der Waals surface area (Å²) in [5.74, 6) is 0.289. The van der Waals surface area contributed by atoms with Crippen molar-refractivity contribution in [2.24, 2.45) is 0 Å². The molecule has 4 rings (SSSR count). The highest BCUT2D eigenvalue weighted by molar-refractivity contribution is 5.92. The van der Waals surface area contributed by atoms with Crippen molar-refractivity contribution in [3.63, 3.8) is 0 Å². The van der Waals surface area contributed by atoms with Crippen molar-refractivity contribution < 1.29 is 4.79 Å². The Bertz CT molecular complexity index is 1110. The Hall–Kier alpha value is -3.67. The van der Waals surface area contributed by atoms with E-state index in [0.29, 0.717) is 18.2 Å². The highest BCUT2D eigenvalue weighted by atomic mass is 16.1. The molecular formula is C24H25N5O. The minimum atomic E-state index is -0.190. The fourth-order valence-corrected chi connectivity index (χ4v) is 3.45. The molecule has 2 aromatic carbocycles. The molecule has 6 nitrogen and oxygen atoms in total. The molecule has 152 valence electrons. The third-order valence-electron chi connectivity index (χ3n) is 5.01. The van der Waals surface area contributed by atoms with Crippen molar-refractivity contribution >= 4 is 22.8 Å². The van der Waals surface area contributed by atoms with Crippen molar-refractivity contribution in [1.82, 2.24) is 20.3 Å². The van der Waals surface area contributed by atoms with Crippen LogP contribution in [0.3, 0.4) is 0 Å². The van der Waals surface area contributed by atoms with Crippen LogP contribution in [0.1, 0.15) is 28.0 Å². The maximum absolute atomic E-state index is 12.5. The summed E-state index contributed by atoms with van der Waals surface area (Å²) < 4.78 is 0. The van der Waals surface area contributed by atoms with Crippen LogP contribution in [-0.2, 0) is 12.8 Å². The molecule has 6 heteroatoms. The molecule has 30 heavy (non-hydrogen) atoms. The minimum absolute atomic E-state index is 0.190. The zero-order valence-electron chi connectivity index (χ0n) is 16.8. The van der Waals surface area contributed by atoms with E-state index in [2.05, 4.69) is 43.8 Å². The number of aromatic amines is 1. The first-order chi connectivity index (χ1) is 14.8. The van der Waals surface area contributed by atoms with Crippen molar-refractivity contribution in [2.45, 2.75) is 19.3 Å². The van der Waals surface area contributed by atoms with Crippen LogP contribution in [0.25, 0.3) is 10.9 Å². The van der Waals surface area contributed by atoms with Crippen LogP contribution < -0.4 is 10.6 Å². The van der Waals surface area contributed by atoms with Crippen molar-refractivity contribution in [2.75, 3.05) is 18.4 Å². The molecule has 2 aromatic heterocycles. The number of hydrogen-bond acceptors (Lipinski definition) is 4. The smallest absolute Gasteiger partial charge is 0.270 e. The number of anilines is 1. The second-order valence-electron chi connectivity index (χ2n) is 7.15. The van der Waals surface area contributed by atoms with Crippen LogP contribution in [0.5, 0.6) is 0 Å². The molecule has 1 amide bonds. The molecule has 0 aliphatic rings. The number of fused-ring (bicyclic) bond motifs is 1. The minimum Gasteiger partial charge on any atom is -0.361 e. The van der Waals surface area contributed by atoms with E-state index >= 15 is 0 Å². The van der Waals surface area contributed by atoms with Gasteiger partial charge in [-0.1, -0.05) is 48.5 Å². The Morgan fingerprint density at radius 1 is 0.933 bits per heavy atom. The molecule has 0 fully saturated rings. The van der Waals surface area contributed by atoms with Crippen molar-refractivity contribution in [3.05, 3.63) is 89.9 Å². The molecule has 0 aliphatic carbocycles. The van der Waals surface area contributed by atoms with E-state index in [1.165, 1.54) is 16.5 Å². The van der Waals surface area contributed by atoms with Crippen molar-refractivity contribution in [3.8, 4) is 0 Å². The van der Waals surface area contributed by atoms with Gasteiger partial charge in [0.05, 0.1) is 0 Å². The van der Waals surface area contributed by atoms with Crippen LogP contribution in [0.2, 0.25) is 0 Å². The molecule has 0 bridgehead atoms. The van der Waals surface area contributed by atoms with Gasteiger partial charge in [-0.05, 0) is 42.5 Å². The molecule has 0 saturated carbocycles. The first kappa shape index (κ1) is 19.6.